The number of hydrogen-bond acceptors (Lipinski definition) is 16. The Hall–Kier alpha value is -6.86. The van der Waals surface area contributed by atoms with Crippen molar-refractivity contribution in [1.82, 2.24) is 47.0 Å². The van der Waals surface area contributed by atoms with E-state index in [-0.39, 0.29) is 82.7 Å². The van der Waals surface area contributed by atoms with Crippen molar-refractivity contribution in [2.45, 2.75) is 199 Å². The molecule has 0 saturated carbocycles. The molecular weight excluding hydrogens is 1110 g/mol. The molecular formula is C49H83N11O21P+. The molecule has 2 heterocycles. The van der Waals surface area contributed by atoms with Crippen molar-refractivity contribution in [3.05, 3.63) is 0 Å². The number of aliphatic carboxylic acids is 3. The largest absolute Gasteiger partial charge is 0.481 e. The highest BCUT2D eigenvalue weighted by Crippen LogP contribution is 2.38. The summed E-state index contributed by atoms with van der Waals surface area (Å²) in [6.07, 6.45) is -5.56. The molecule has 2 aliphatic heterocycles. The number of nitrogens with two attached hydrogens (primary N) is 1. The number of likely N-dealkylation sites (tertiary alicyclic amines) is 2. The van der Waals surface area contributed by atoms with Gasteiger partial charge in [-0.25, -0.2) is 9.36 Å². The lowest BCUT2D eigenvalue weighted by Crippen LogP contribution is -2.69. The first kappa shape index (κ1) is 71.2. The molecule has 0 aliphatic carbocycles. The number of phosphoric acid groups is 1. The third kappa shape index (κ3) is 23.2. The van der Waals surface area contributed by atoms with Gasteiger partial charge < -0.3 is 88.7 Å². The molecule has 0 aromatic heterocycles. The molecule has 0 bridgehead atoms. The smallest absolute Gasteiger partial charge is 0.469 e. The van der Waals surface area contributed by atoms with E-state index in [9.17, 15) is 92.0 Å². The third-order valence-electron chi connectivity index (χ3n) is 13.4. The molecule has 18 N–H and O–H groups in total. The Morgan fingerprint density at radius 2 is 1.05 bits per heavy atom. The second-order valence-corrected chi connectivity index (χ2v) is 22.9. The molecule has 2 saturated heterocycles. The summed E-state index contributed by atoms with van der Waals surface area (Å²) in [7, 11) is -5.41. The van der Waals surface area contributed by atoms with Crippen molar-refractivity contribution in [3.8, 4) is 0 Å². The van der Waals surface area contributed by atoms with Crippen LogP contribution in [0, 0.1) is 17.8 Å². The van der Waals surface area contributed by atoms with Crippen LogP contribution in [-0.2, 0) is 71.4 Å². The summed E-state index contributed by atoms with van der Waals surface area (Å²) in [5, 5.41) is 55.4. The zero-order chi connectivity index (χ0) is 62.7. The molecule has 33 heteroatoms. The molecule has 2 fully saturated rings. The molecule has 32 nitrogen and oxygen atoms in total. The van der Waals surface area contributed by atoms with Crippen molar-refractivity contribution in [2.75, 3.05) is 13.1 Å². The summed E-state index contributed by atoms with van der Waals surface area (Å²) < 4.78 is 17.0. The second-order valence-electron chi connectivity index (χ2n) is 21.7. The summed E-state index contributed by atoms with van der Waals surface area (Å²) in [4.78, 5) is 193. The van der Waals surface area contributed by atoms with Crippen LogP contribution in [-0.4, -0.2) is 203 Å². The maximum Gasteiger partial charge on any atom is 0.469 e. The van der Waals surface area contributed by atoms with E-state index in [0.717, 1.165) is 23.6 Å². The predicted molar refractivity (Wildman–Crippen MR) is 283 cm³/mol. The molecule has 0 spiro atoms. The number of carbonyl (C=O) groups excluding carboxylic acids is 10. The SMILES string of the molecule is CC(C)C[C@H](NC(=O)[C@H](CC(=O)O)NC(=O)[C@@H](NC(=O)[C@@H](NC(=O)[C@@H]1CCCN1C(=O)[C@@H](NC(=O)[C@H](CC(C)C)NC(=O)[C@@H]1CCCN1C(=O)[C@H](CCC(N)=O)NC(=O)[C@@H]([NH3+])CCC(=O)O)[C@H](C)OP(=O)(O)O)C(C)C)[C@@H](C)O)C(=O)O. The first-order valence-corrected chi connectivity index (χ1v) is 28.4. The van der Waals surface area contributed by atoms with Crippen LogP contribution in [0.5, 0.6) is 0 Å². The van der Waals surface area contributed by atoms with Crippen molar-refractivity contribution in [2.24, 2.45) is 23.5 Å². The van der Waals surface area contributed by atoms with Crippen LogP contribution in [0.25, 0.3) is 0 Å². The van der Waals surface area contributed by atoms with Crippen LogP contribution in [0.2, 0.25) is 0 Å². The minimum Gasteiger partial charge on any atom is -0.481 e. The molecule has 2 aliphatic rings. The molecule has 0 radical (unpaired) electrons. The van der Waals surface area contributed by atoms with Gasteiger partial charge in [-0.1, -0.05) is 41.5 Å². The molecule has 10 amide bonds. The van der Waals surface area contributed by atoms with Crippen LogP contribution < -0.4 is 48.7 Å². The Kier molecular flexibility index (Phi) is 28.4. The number of nitrogens with zero attached hydrogens (tertiary/aromatic N) is 2. The quantitative estimate of drug-likeness (QED) is 0.0269. The van der Waals surface area contributed by atoms with Crippen molar-refractivity contribution in [3.63, 3.8) is 0 Å². The summed E-state index contributed by atoms with van der Waals surface area (Å²) in [5.74, 6) is -15.5. The van der Waals surface area contributed by atoms with Gasteiger partial charge in [-0.15, -0.1) is 0 Å². The Labute approximate surface area is 473 Å². The summed E-state index contributed by atoms with van der Waals surface area (Å²) in [5.41, 5.74) is 8.98. The fraction of sp³-hybridized carbons (Fsp3) is 0.735. The average Bonchev–Trinajstić information content (AvgIpc) is 4.09. The van der Waals surface area contributed by atoms with E-state index in [1.54, 1.807) is 27.7 Å². The lowest BCUT2D eigenvalue weighted by molar-refractivity contribution is -0.405. The monoisotopic (exact) mass is 1190 g/mol. The lowest BCUT2D eigenvalue weighted by Gasteiger charge is -2.34. The number of aliphatic hydroxyl groups is 1. The zero-order valence-corrected chi connectivity index (χ0v) is 48.2. The van der Waals surface area contributed by atoms with Crippen molar-refractivity contribution in [1.29, 1.82) is 0 Å². The number of carboxylic acid groups (broad SMARTS) is 3. The van der Waals surface area contributed by atoms with Crippen LogP contribution in [0.15, 0.2) is 0 Å². The van der Waals surface area contributed by atoms with E-state index in [4.69, 9.17) is 15.4 Å². The van der Waals surface area contributed by atoms with Crippen molar-refractivity contribution < 1.29 is 107 Å². The molecule has 0 aromatic rings. The van der Waals surface area contributed by atoms with Gasteiger partial charge in [0.05, 0.1) is 25.0 Å². The van der Waals surface area contributed by atoms with E-state index in [1.807, 2.05) is 0 Å². The van der Waals surface area contributed by atoms with Crippen LogP contribution in [0.3, 0.4) is 0 Å². The van der Waals surface area contributed by atoms with E-state index in [0.29, 0.717) is 0 Å². The Morgan fingerprint density at radius 1 is 0.573 bits per heavy atom. The molecule has 2 rings (SSSR count). The van der Waals surface area contributed by atoms with Gasteiger partial charge in [0.2, 0.25) is 53.2 Å². The Bertz CT molecular complexity index is 2390. The van der Waals surface area contributed by atoms with Crippen LogP contribution in [0.4, 0.5) is 0 Å². The molecule has 0 unspecified atom stereocenters. The van der Waals surface area contributed by atoms with E-state index >= 15 is 0 Å². The first-order chi connectivity index (χ1) is 37.9. The van der Waals surface area contributed by atoms with Gasteiger partial charge >= 0.3 is 25.7 Å². The van der Waals surface area contributed by atoms with Gasteiger partial charge in [0.25, 0.3) is 5.91 Å². The number of phosphoric ester groups is 1. The number of carbonyl (C=O) groups is 13. The average molecular weight is 1190 g/mol. The minimum absolute atomic E-state index is 0.00988. The van der Waals surface area contributed by atoms with E-state index in [1.165, 1.54) is 13.8 Å². The summed E-state index contributed by atoms with van der Waals surface area (Å²) >= 11 is 0. The topological polar surface area (TPSA) is 514 Å². The fourth-order valence-electron chi connectivity index (χ4n) is 9.17. The molecule has 82 heavy (non-hydrogen) atoms. The number of quaternary nitrogens is 1. The molecule has 464 valence electrons. The number of carboxylic acids is 3. The number of primary amides is 1. The lowest BCUT2D eigenvalue weighted by atomic mass is 10.0. The third-order valence-corrected chi connectivity index (χ3v) is 14.0. The number of hydrogen-bond donors (Lipinski definition) is 15. The standard InChI is InChI=1S/C49H82N11O21P/c1-22(2)19-29(53-43(70)32-11-9-17-59(32)47(74)28(14-15-34(51)62)52-40(67)27(50)13-16-35(63)64)42(69)58-39(26(8)81-82(78,79)80)48(75)60-18-10-12-33(60)44(71)56-37(24(5)6)45(72)57-38(25(7)61)46(73)54-30(21-36(65)66)41(68)55-31(49(76)77)20-23(3)4/h22-33,37-39,61H,9-21,50H2,1-8H3,(H2,51,62)(H,52,67)(H,53,70)(H,54,73)(H,55,68)(H,56,71)(H,57,72)(H,58,69)(H,63,64)(H,65,66)(H,76,77)(H2,78,79,80)/p+1/t25-,26+,27+,28+,29+,30+,31+,32+,33+,37+,38+,39+/m1/s1. The Morgan fingerprint density at radius 3 is 1.52 bits per heavy atom. The maximum atomic E-state index is 14.6. The molecule has 12 atom stereocenters. The van der Waals surface area contributed by atoms with Gasteiger partial charge in [0.15, 0.2) is 6.04 Å². The minimum atomic E-state index is -5.41. The predicted octanol–water partition coefficient (Wildman–Crippen LogP) is -4.71. The number of nitrogens with one attached hydrogen (secondary N) is 7. The van der Waals surface area contributed by atoms with Gasteiger partial charge in [-0.05, 0) is 76.5 Å². The highest BCUT2D eigenvalue weighted by molar-refractivity contribution is 7.46. The first-order valence-electron chi connectivity index (χ1n) is 26.9. The van der Waals surface area contributed by atoms with Gasteiger partial charge in [-0.3, -0.25) is 62.1 Å². The van der Waals surface area contributed by atoms with E-state index < -0.39 is 176 Å². The highest BCUT2D eigenvalue weighted by atomic mass is 31.2. The van der Waals surface area contributed by atoms with Crippen LogP contribution >= 0.6 is 7.82 Å². The highest BCUT2D eigenvalue weighted by Gasteiger charge is 2.45. The normalized spacial score (nSPS) is 19.0. The maximum absolute atomic E-state index is 14.6. The number of amides is 10. The van der Waals surface area contributed by atoms with Gasteiger partial charge in [0, 0.05) is 25.9 Å². The van der Waals surface area contributed by atoms with E-state index in [2.05, 4.69) is 43.0 Å². The second kappa shape index (κ2) is 32.7. The van der Waals surface area contributed by atoms with Gasteiger partial charge in [-0.2, -0.15) is 0 Å². The number of rotatable bonds is 34. The zero-order valence-electron chi connectivity index (χ0n) is 47.3. The van der Waals surface area contributed by atoms with Gasteiger partial charge in [0.1, 0.15) is 54.4 Å². The molecule has 0 aromatic carbocycles. The van der Waals surface area contributed by atoms with Crippen molar-refractivity contribution >= 4 is 84.8 Å². The summed E-state index contributed by atoms with van der Waals surface area (Å²) in [6.45, 7) is 11.6. The summed E-state index contributed by atoms with van der Waals surface area (Å²) in [6, 6.07) is -15.4. The fourth-order valence-corrected chi connectivity index (χ4v) is 9.73. The number of aliphatic hydroxyl groups excluding tert-OH is 1. The van der Waals surface area contributed by atoms with Crippen LogP contribution in [0.1, 0.15) is 126 Å². The Balaban J connectivity index is 2.42.